The second kappa shape index (κ2) is 5.65. The molecule has 0 radical (unpaired) electrons. The lowest BCUT2D eigenvalue weighted by Crippen LogP contribution is -2.00. The number of hydrogen-bond acceptors (Lipinski definition) is 3. The van der Waals surface area contributed by atoms with Crippen molar-refractivity contribution in [3.8, 4) is 17.2 Å². The van der Waals surface area contributed by atoms with Crippen LogP contribution in [0.5, 0.6) is 5.75 Å². The number of rotatable bonds is 4. The van der Waals surface area contributed by atoms with E-state index in [0.29, 0.717) is 6.54 Å². The molecule has 0 atom stereocenters. The van der Waals surface area contributed by atoms with Gasteiger partial charge in [-0.1, -0.05) is 30.3 Å². The van der Waals surface area contributed by atoms with Crippen molar-refractivity contribution in [2.45, 2.75) is 6.54 Å². The largest absolute Gasteiger partial charge is 0.497 e. The number of methoxy groups -OCH3 is 1. The number of furan rings is 1. The maximum Gasteiger partial charge on any atom is 0.155 e. The molecule has 0 aliphatic rings. The van der Waals surface area contributed by atoms with Gasteiger partial charge in [0.1, 0.15) is 17.0 Å². The molecule has 4 rings (SSSR count). The van der Waals surface area contributed by atoms with E-state index < -0.39 is 0 Å². The number of fused-ring (bicyclic) bond motifs is 1. The lowest BCUT2D eigenvalue weighted by molar-refractivity contribution is 0.414. The predicted octanol–water partition coefficient (Wildman–Crippen LogP) is 4.35. The molecule has 4 aromatic rings. The Labute approximate surface area is 133 Å². The van der Waals surface area contributed by atoms with Crippen molar-refractivity contribution in [1.29, 1.82) is 0 Å². The van der Waals surface area contributed by atoms with Crippen LogP contribution in [-0.2, 0) is 6.54 Å². The van der Waals surface area contributed by atoms with Gasteiger partial charge in [-0.05, 0) is 35.9 Å². The Balaban J connectivity index is 1.60. The molecule has 0 saturated carbocycles. The SMILES string of the molecule is COc1cccc(Cn2ccc(-c3cc4ccccc4o3)n2)c1. The van der Waals surface area contributed by atoms with E-state index in [4.69, 9.17) is 9.15 Å². The van der Waals surface area contributed by atoms with Crippen molar-refractivity contribution in [3.05, 3.63) is 72.4 Å². The topological polar surface area (TPSA) is 40.2 Å². The number of para-hydroxylation sites is 1. The summed E-state index contributed by atoms with van der Waals surface area (Å²) in [4.78, 5) is 0. The second-order valence-corrected chi connectivity index (χ2v) is 5.40. The number of nitrogens with zero attached hydrogens (tertiary/aromatic N) is 2. The molecule has 0 aliphatic carbocycles. The van der Waals surface area contributed by atoms with Crippen LogP contribution in [0.2, 0.25) is 0 Å². The van der Waals surface area contributed by atoms with E-state index >= 15 is 0 Å². The lowest BCUT2D eigenvalue weighted by Gasteiger charge is -2.04. The van der Waals surface area contributed by atoms with E-state index in [1.54, 1.807) is 7.11 Å². The van der Waals surface area contributed by atoms with Gasteiger partial charge in [0.2, 0.25) is 0 Å². The summed E-state index contributed by atoms with van der Waals surface area (Å²) < 4.78 is 13.0. The van der Waals surface area contributed by atoms with Crippen molar-refractivity contribution in [1.82, 2.24) is 9.78 Å². The molecule has 0 bridgehead atoms. The zero-order valence-electron chi connectivity index (χ0n) is 12.8. The zero-order valence-corrected chi connectivity index (χ0v) is 12.8. The van der Waals surface area contributed by atoms with E-state index in [1.807, 2.05) is 65.5 Å². The fourth-order valence-corrected chi connectivity index (χ4v) is 2.65. The van der Waals surface area contributed by atoms with Crippen molar-refractivity contribution in [3.63, 3.8) is 0 Å². The first kappa shape index (κ1) is 13.6. The predicted molar refractivity (Wildman–Crippen MR) is 89.5 cm³/mol. The minimum atomic E-state index is 0.692. The van der Waals surface area contributed by atoms with E-state index in [-0.39, 0.29) is 0 Å². The number of aromatic nitrogens is 2. The molecule has 23 heavy (non-hydrogen) atoms. The first-order valence-corrected chi connectivity index (χ1v) is 7.47. The summed E-state index contributed by atoms with van der Waals surface area (Å²) in [6.45, 7) is 0.692. The maximum atomic E-state index is 5.86. The van der Waals surface area contributed by atoms with Crippen LogP contribution >= 0.6 is 0 Å². The Kier molecular flexibility index (Phi) is 3.35. The Morgan fingerprint density at radius 3 is 2.83 bits per heavy atom. The highest BCUT2D eigenvalue weighted by Crippen LogP contribution is 2.26. The van der Waals surface area contributed by atoms with E-state index in [0.717, 1.165) is 33.7 Å². The average molecular weight is 304 g/mol. The molecule has 2 aromatic heterocycles. The molecule has 0 N–H and O–H groups in total. The monoisotopic (exact) mass is 304 g/mol. The fourth-order valence-electron chi connectivity index (χ4n) is 2.65. The minimum Gasteiger partial charge on any atom is -0.497 e. The zero-order chi connectivity index (χ0) is 15.6. The molecule has 4 heteroatoms. The van der Waals surface area contributed by atoms with Crippen LogP contribution in [0.25, 0.3) is 22.4 Å². The first-order chi connectivity index (χ1) is 11.3. The normalized spacial score (nSPS) is 11.0. The van der Waals surface area contributed by atoms with Crippen molar-refractivity contribution < 1.29 is 9.15 Å². The van der Waals surface area contributed by atoms with Gasteiger partial charge in [0.25, 0.3) is 0 Å². The summed E-state index contributed by atoms with van der Waals surface area (Å²) in [5.41, 5.74) is 2.86. The van der Waals surface area contributed by atoms with Gasteiger partial charge in [0.15, 0.2) is 5.76 Å². The van der Waals surface area contributed by atoms with Crippen LogP contribution in [0.1, 0.15) is 5.56 Å². The Hall–Kier alpha value is -3.01. The van der Waals surface area contributed by atoms with Crippen LogP contribution < -0.4 is 4.74 Å². The molecule has 0 amide bonds. The standard InChI is InChI=1S/C19H16N2O2/c1-22-16-7-4-5-14(11-16)13-21-10-9-17(20-21)19-12-15-6-2-3-8-18(15)23-19/h2-12H,13H2,1H3. The third-order valence-corrected chi connectivity index (χ3v) is 3.80. The minimum absolute atomic E-state index is 0.692. The van der Waals surface area contributed by atoms with Crippen LogP contribution in [-0.4, -0.2) is 16.9 Å². The molecule has 0 spiro atoms. The molecule has 0 fully saturated rings. The lowest BCUT2D eigenvalue weighted by atomic mass is 10.2. The van der Waals surface area contributed by atoms with Gasteiger partial charge in [-0.15, -0.1) is 0 Å². The smallest absolute Gasteiger partial charge is 0.155 e. The Morgan fingerprint density at radius 1 is 1.04 bits per heavy atom. The summed E-state index contributed by atoms with van der Waals surface area (Å²) in [7, 11) is 1.67. The molecule has 114 valence electrons. The molecular weight excluding hydrogens is 288 g/mol. The fraction of sp³-hybridized carbons (Fsp3) is 0.105. The van der Waals surface area contributed by atoms with Crippen molar-refractivity contribution in [2.24, 2.45) is 0 Å². The quantitative estimate of drug-likeness (QED) is 0.562. The molecule has 0 saturated heterocycles. The highest BCUT2D eigenvalue weighted by molar-refractivity contribution is 5.81. The van der Waals surface area contributed by atoms with Crippen LogP contribution in [0.3, 0.4) is 0 Å². The Morgan fingerprint density at radius 2 is 1.96 bits per heavy atom. The van der Waals surface area contributed by atoms with Gasteiger partial charge in [-0.25, -0.2) is 0 Å². The van der Waals surface area contributed by atoms with E-state index in [2.05, 4.69) is 11.2 Å². The van der Waals surface area contributed by atoms with Crippen LogP contribution in [0.4, 0.5) is 0 Å². The summed E-state index contributed by atoms with van der Waals surface area (Å²) in [5.74, 6) is 1.64. The average Bonchev–Trinajstić information content (AvgIpc) is 3.21. The number of benzene rings is 2. The molecule has 4 nitrogen and oxygen atoms in total. The highest BCUT2D eigenvalue weighted by atomic mass is 16.5. The summed E-state index contributed by atoms with van der Waals surface area (Å²) in [6.07, 6.45) is 1.96. The molecule has 0 aliphatic heterocycles. The van der Waals surface area contributed by atoms with Crippen LogP contribution in [0.15, 0.2) is 71.3 Å². The third-order valence-electron chi connectivity index (χ3n) is 3.80. The van der Waals surface area contributed by atoms with E-state index in [9.17, 15) is 0 Å². The number of ether oxygens (including phenoxy) is 1. The van der Waals surface area contributed by atoms with Gasteiger partial charge in [0, 0.05) is 11.6 Å². The molecule has 2 heterocycles. The second-order valence-electron chi connectivity index (χ2n) is 5.40. The summed E-state index contributed by atoms with van der Waals surface area (Å²) in [6, 6.07) is 20.0. The van der Waals surface area contributed by atoms with Gasteiger partial charge in [0.05, 0.1) is 13.7 Å². The molecular formula is C19H16N2O2. The van der Waals surface area contributed by atoms with Crippen molar-refractivity contribution in [2.75, 3.05) is 7.11 Å². The first-order valence-electron chi connectivity index (χ1n) is 7.47. The summed E-state index contributed by atoms with van der Waals surface area (Å²) >= 11 is 0. The van der Waals surface area contributed by atoms with Gasteiger partial charge in [-0.2, -0.15) is 5.10 Å². The maximum absolute atomic E-state index is 5.86. The van der Waals surface area contributed by atoms with Gasteiger partial charge in [-0.3, -0.25) is 4.68 Å². The van der Waals surface area contributed by atoms with Gasteiger partial charge < -0.3 is 9.15 Å². The van der Waals surface area contributed by atoms with E-state index in [1.165, 1.54) is 0 Å². The highest BCUT2D eigenvalue weighted by Gasteiger charge is 2.09. The van der Waals surface area contributed by atoms with Gasteiger partial charge >= 0.3 is 0 Å². The third kappa shape index (κ3) is 2.71. The Bertz CT molecular complexity index is 920. The van der Waals surface area contributed by atoms with Crippen molar-refractivity contribution >= 4 is 11.0 Å². The van der Waals surface area contributed by atoms with Crippen LogP contribution in [0, 0.1) is 0 Å². The molecule has 2 aromatic carbocycles. The summed E-state index contributed by atoms with van der Waals surface area (Å²) in [5, 5.41) is 5.70. The number of hydrogen-bond donors (Lipinski definition) is 0. The molecule has 0 unspecified atom stereocenters.